The quantitative estimate of drug-likeness (QED) is 0.930. The molecule has 4 heteroatoms. The summed E-state index contributed by atoms with van der Waals surface area (Å²) in [5.74, 6) is 0.589. The average molecular weight is 297 g/mol. The van der Waals surface area contributed by atoms with Gasteiger partial charge in [0.05, 0.1) is 0 Å². The number of carbonyl (C=O) groups is 1. The van der Waals surface area contributed by atoms with E-state index in [0.29, 0.717) is 12.0 Å². The molecule has 2 rings (SSSR count). The van der Waals surface area contributed by atoms with Crippen LogP contribution in [-0.2, 0) is 0 Å². The van der Waals surface area contributed by atoms with Crippen LogP contribution in [0, 0.1) is 0 Å². The predicted octanol–water partition coefficient (Wildman–Crippen LogP) is 3.06. The summed E-state index contributed by atoms with van der Waals surface area (Å²) < 4.78 is 0. The topological polar surface area (TPSA) is 32.3 Å². The normalized spacial score (nSPS) is 18.5. The number of nitrogens with one attached hydrogen (secondary N) is 1. The van der Waals surface area contributed by atoms with Crippen molar-refractivity contribution in [3.8, 4) is 0 Å². The zero-order chi connectivity index (χ0) is 13.8. The molecule has 3 nitrogen and oxygen atoms in total. The third kappa shape index (κ3) is 3.97. The highest BCUT2D eigenvalue weighted by atomic mass is 35.5. The highest BCUT2D eigenvalue weighted by molar-refractivity contribution is 5.94. The van der Waals surface area contributed by atoms with Crippen molar-refractivity contribution in [2.75, 3.05) is 20.1 Å². The zero-order valence-corrected chi connectivity index (χ0v) is 13.4. The van der Waals surface area contributed by atoms with Gasteiger partial charge < -0.3 is 10.2 Å². The van der Waals surface area contributed by atoms with E-state index in [0.717, 1.165) is 31.5 Å². The lowest BCUT2D eigenvalue weighted by molar-refractivity contribution is 0.0708. The van der Waals surface area contributed by atoms with Crippen molar-refractivity contribution in [3.05, 3.63) is 35.4 Å². The SMILES string of the molecule is CC(C)c1cccc(C(=O)N(C)[C@@H]2CCCNC2)c1.Cl. The van der Waals surface area contributed by atoms with Gasteiger partial charge in [-0.25, -0.2) is 0 Å². The molecule has 0 unspecified atom stereocenters. The molecule has 1 atom stereocenters. The Balaban J connectivity index is 0.00000200. The Morgan fingerprint density at radius 2 is 2.15 bits per heavy atom. The maximum Gasteiger partial charge on any atom is 0.253 e. The van der Waals surface area contributed by atoms with Gasteiger partial charge in [0, 0.05) is 25.2 Å². The molecular weight excluding hydrogens is 272 g/mol. The number of piperidine rings is 1. The van der Waals surface area contributed by atoms with Crippen LogP contribution in [-0.4, -0.2) is 37.0 Å². The summed E-state index contributed by atoms with van der Waals surface area (Å²) in [7, 11) is 1.92. The summed E-state index contributed by atoms with van der Waals surface area (Å²) in [4.78, 5) is 14.4. The van der Waals surface area contributed by atoms with E-state index < -0.39 is 0 Å². The van der Waals surface area contributed by atoms with Crippen molar-refractivity contribution >= 4 is 18.3 Å². The summed E-state index contributed by atoms with van der Waals surface area (Å²) in [5.41, 5.74) is 2.03. The van der Waals surface area contributed by atoms with Crippen molar-refractivity contribution in [2.24, 2.45) is 0 Å². The number of rotatable bonds is 3. The summed E-state index contributed by atoms with van der Waals surface area (Å²) in [5, 5.41) is 3.36. The first-order valence-corrected chi connectivity index (χ1v) is 7.17. The molecule has 0 aromatic heterocycles. The minimum Gasteiger partial charge on any atom is -0.337 e. The summed E-state index contributed by atoms with van der Waals surface area (Å²) >= 11 is 0. The monoisotopic (exact) mass is 296 g/mol. The highest BCUT2D eigenvalue weighted by Gasteiger charge is 2.22. The van der Waals surface area contributed by atoms with Crippen LogP contribution in [0.25, 0.3) is 0 Å². The summed E-state index contributed by atoms with van der Waals surface area (Å²) in [6.45, 7) is 6.28. The lowest BCUT2D eigenvalue weighted by atomic mass is 9.99. The molecule has 20 heavy (non-hydrogen) atoms. The van der Waals surface area contributed by atoms with Gasteiger partial charge >= 0.3 is 0 Å². The van der Waals surface area contributed by atoms with Gasteiger partial charge in [-0.2, -0.15) is 0 Å². The number of carbonyl (C=O) groups excluding carboxylic acids is 1. The van der Waals surface area contributed by atoms with E-state index >= 15 is 0 Å². The molecule has 1 amide bonds. The second kappa shape index (κ2) is 7.65. The van der Waals surface area contributed by atoms with E-state index in [2.05, 4.69) is 25.2 Å². The first-order chi connectivity index (χ1) is 9.09. The number of hydrogen-bond acceptors (Lipinski definition) is 2. The molecule has 0 saturated carbocycles. The van der Waals surface area contributed by atoms with Crippen LogP contribution < -0.4 is 5.32 Å². The molecule has 1 aromatic rings. The first kappa shape index (κ1) is 17.0. The number of amides is 1. The lowest BCUT2D eigenvalue weighted by Crippen LogP contribution is -2.46. The number of benzene rings is 1. The zero-order valence-electron chi connectivity index (χ0n) is 12.6. The van der Waals surface area contributed by atoms with E-state index in [9.17, 15) is 4.79 Å². The lowest BCUT2D eigenvalue weighted by Gasteiger charge is -2.31. The molecular formula is C16H25ClN2O. The van der Waals surface area contributed by atoms with Gasteiger partial charge in [0.2, 0.25) is 0 Å². The van der Waals surface area contributed by atoms with E-state index in [1.54, 1.807) is 0 Å². The van der Waals surface area contributed by atoms with Crippen LogP contribution in [0.15, 0.2) is 24.3 Å². The second-order valence-electron chi connectivity index (χ2n) is 5.70. The standard InChI is InChI=1S/C16H24N2O.ClH/c1-12(2)13-6-4-7-14(10-13)16(19)18(3)15-8-5-9-17-11-15;/h4,6-7,10,12,15,17H,5,8-9,11H2,1-3H3;1H/t15-;/m1./s1. The molecule has 1 N–H and O–H groups in total. The molecule has 1 heterocycles. The van der Waals surface area contributed by atoms with Crippen LogP contribution in [0.5, 0.6) is 0 Å². The third-order valence-corrected chi connectivity index (χ3v) is 3.94. The van der Waals surface area contributed by atoms with Gasteiger partial charge in [0.15, 0.2) is 0 Å². The second-order valence-corrected chi connectivity index (χ2v) is 5.70. The van der Waals surface area contributed by atoms with E-state index in [1.165, 1.54) is 5.56 Å². The van der Waals surface area contributed by atoms with Crippen molar-refractivity contribution in [3.63, 3.8) is 0 Å². The minimum atomic E-state index is 0. The van der Waals surface area contributed by atoms with Gasteiger partial charge in [0.25, 0.3) is 5.91 Å². The molecule has 0 bridgehead atoms. The smallest absolute Gasteiger partial charge is 0.253 e. The molecule has 1 aliphatic heterocycles. The third-order valence-electron chi connectivity index (χ3n) is 3.94. The fraction of sp³-hybridized carbons (Fsp3) is 0.562. The van der Waals surface area contributed by atoms with E-state index in [1.807, 2.05) is 30.1 Å². The Morgan fingerprint density at radius 3 is 2.75 bits per heavy atom. The van der Waals surface area contributed by atoms with E-state index in [-0.39, 0.29) is 18.3 Å². The number of hydrogen-bond donors (Lipinski definition) is 1. The van der Waals surface area contributed by atoms with Crippen LogP contribution >= 0.6 is 12.4 Å². The maximum absolute atomic E-state index is 12.5. The Labute approximate surface area is 128 Å². The minimum absolute atomic E-state index is 0. The van der Waals surface area contributed by atoms with E-state index in [4.69, 9.17) is 0 Å². The Kier molecular flexibility index (Phi) is 6.50. The molecule has 1 aliphatic rings. The number of halogens is 1. The molecule has 0 aliphatic carbocycles. The Bertz CT molecular complexity index is 442. The van der Waals surface area contributed by atoms with Crippen molar-refractivity contribution in [1.29, 1.82) is 0 Å². The van der Waals surface area contributed by atoms with Crippen LogP contribution in [0.1, 0.15) is 48.5 Å². The Morgan fingerprint density at radius 1 is 1.40 bits per heavy atom. The van der Waals surface area contributed by atoms with Gasteiger partial charge in [-0.05, 0) is 43.0 Å². The molecule has 0 spiro atoms. The van der Waals surface area contributed by atoms with Crippen LogP contribution in [0.3, 0.4) is 0 Å². The molecule has 0 radical (unpaired) electrons. The van der Waals surface area contributed by atoms with Crippen molar-refractivity contribution in [1.82, 2.24) is 10.2 Å². The largest absolute Gasteiger partial charge is 0.337 e. The average Bonchev–Trinajstić information content (AvgIpc) is 2.46. The number of nitrogens with zero attached hydrogens (tertiary/aromatic N) is 1. The summed E-state index contributed by atoms with van der Waals surface area (Å²) in [6.07, 6.45) is 2.24. The van der Waals surface area contributed by atoms with Gasteiger partial charge in [-0.3, -0.25) is 4.79 Å². The van der Waals surface area contributed by atoms with Gasteiger partial charge in [0.1, 0.15) is 0 Å². The predicted molar refractivity (Wildman–Crippen MR) is 85.8 cm³/mol. The van der Waals surface area contributed by atoms with Gasteiger partial charge in [-0.15, -0.1) is 12.4 Å². The first-order valence-electron chi connectivity index (χ1n) is 7.17. The van der Waals surface area contributed by atoms with Crippen LogP contribution in [0.4, 0.5) is 0 Å². The highest BCUT2D eigenvalue weighted by Crippen LogP contribution is 2.18. The maximum atomic E-state index is 12.5. The number of likely N-dealkylation sites (N-methyl/N-ethyl adjacent to an activating group) is 1. The van der Waals surface area contributed by atoms with Crippen molar-refractivity contribution < 1.29 is 4.79 Å². The fourth-order valence-electron chi connectivity index (χ4n) is 2.56. The van der Waals surface area contributed by atoms with Crippen molar-refractivity contribution in [2.45, 2.75) is 38.6 Å². The molecule has 1 fully saturated rings. The molecule has 112 valence electrons. The van der Waals surface area contributed by atoms with Gasteiger partial charge in [-0.1, -0.05) is 26.0 Å². The van der Waals surface area contributed by atoms with Crippen LogP contribution in [0.2, 0.25) is 0 Å². The molecule has 1 saturated heterocycles. The molecule has 1 aromatic carbocycles. The summed E-state index contributed by atoms with van der Waals surface area (Å²) in [6, 6.07) is 8.34. The Hall–Kier alpha value is -1.06. The fourth-order valence-corrected chi connectivity index (χ4v) is 2.56.